The Balaban J connectivity index is 3.45. The van der Waals surface area contributed by atoms with Gasteiger partial charge >= 0.3 is 0 Å². The number of halogens is 1. The third kappa shape index (κ3) is 5.78. The van der Waals surface area contributed by atoms with Gasteiger partial charge in [-0.2, -0.15) is 0 Å². The minimum absolute atomic E-state index is 0.434. The van der Waals surface area contributed by atoms with Gasteiger partial charge in [0.15, 0.2) is 0 Å². The van der Waals surface area contributed by atoms with Gasteiger partial charge in [-0.15, -0.1) is 5.92 Å². The minimum atomic E-state index is 0.434. The summed E-state index contributed by atoms with van der Waals surface area (Å²) in [6.45, 7) is 3.87. The molecule has 0 aromatic heterocycles. The largest absolute Gasteiger partial charge is 0.102 e. The molecule has 0 bridgehead atoms. The van der Waals surface area contributed by atoms with Crippen molar-refractivity contribution in [3.05, 3.63) is 12.2 Å². The Labute approximate surface area is 59.1 Å². The lowest BCUT2D eigenvalue weighted by atomic mass is 10.4. The summed E-state index contributed by atoms with van der Waals surface area (Å²) in [4.78, 5) is 0.434. The van der Waals surface area contributed by atoms with Crippen molar-refractivity contribution in [2.45, 2.75) is 18.7 Å². The van der Waals surface area contributed by atoms with Gasteiger partial charge in [-0.25, -0.2) is 0 Å². The van der Waals surface area contributed by atoms with Crippen molar-refractivity contribution in [3.63, 3.8) is 0 Å². The maximum Gasteiger partial charge on any atom is 0.0306 e. The Kier molecular flexibility index (Phi) is 4.79. The average molecular weight is 173 g/mol. The van der Waals surface area contributed by atoms with Gasteiger partial charge in [0.2, 0.25) is 0 Å². The molecule has 0 aliphatic heterocycles. The normalized spacial score (nSPS) is 12.9. The molecule has 0 saturated heterocycles. The molecule has 0 spiro atoms. The Morgan fingerprint density at radius 2 is 2.25 bits per heavy atom. The molecule has 0 N–H and O–H groups in total. The molecule has 1 heteroatoms. The first-order valence-electron chi connectivity index (χ1n) is 2.50. The van der Waals surface area contributed by atoms with Crippen LogP contribution in [0.15, 0.2) is 12.2 Å². The number of rotatable bonds is 1. The highest BCUT2D eigenvalue weighted by Gasteiger charge is 1.80. The highest BCUT2D eigenvalue weighted by molar-refractivity contribution is 9.09. The molecule has 0 rings (SSSR count). The van der Waals surface area contributed by atoms with Crippen molar-refractivity contribution in [2.75, 3.05) is 0 Å². The first-order chi connectivity index (χ1) is 3.77. The molecule has 0 nitrogen and oxygen atoms in total. The lowest BCUT2D eigenvalue weighted by Gasteiger charge is -1.84. The van der Waals surface area contributed by atoms with Gasteiger partial charge in [-0.05, 0) is 19.9 Å². The molecule has 44 valence electrons. The molecule has 0 aliphatic rings. The fourth-order valence-corrected chi connectivity index (χ4v) is 0.417. The van der Waals surface area contributed by atoms with Crippen molar-refractivity contribution in [2.24, 2.45) is 0 Å². The maximum atomic E-state index is 3.35. The summed E-state index contributed by atoms with van der Waals surface area (Å²) < 4.78 is 0. The predicted molar refractivity (Wildman–Crippen MR) is 41.0 cm³/mol. The summed E-state index contributed by atoms with van der Waals surface area (Å²) in [5, 5.41) is 0. The highest BCUT2D eigenvalue weighted by atomic mass is 79.9. The van der Waals surface area contributed by atoms with E-state index in [1.807, 2.05) is 26.0 Å². The minimum Gasteiger partial charge on any atom is -0.102 e. The lowest BCUT2D eigenvalue weighted by molar-refractivity contribution is 1.28. The second-order valence-corrected chi connectivity index (χ2v) is 2.88. The second-order valence-electron chi connectivity index (χ2n) is 1.43. The number of allylic oxidation sites excluding steroid dienone is 2. The summed E-state index contributed by atoms with van der Waals surface area (Å²) in [6, 6.07) is 0. The van der Waals surface area contributed by atoms with Crippen molar-refractivity contribution >= 4 is 15.9 Å². The van der Waals surface area contributed by atoms with Crippen LogP contribution in [0.5, 0.6) is 0 Å². The van der Waals surface area contributed by atoms with Crippen LogP contribution in [-0.4, -0.2) is 4.83 Å². The van der Waals surface area contributed by atoms with Gasteiger partial charge in [0.1, 0.15) is 0 Å². The van der Waals surface area contributed by atoms with Crippen LogP contribution in [0.2, 0.25) is 0 Å². The van der Waals surface area contributed by atoms with E-state index in [1.54, 1.807) is 0 Å². The number of alkyl halides is 1. The van der Waals surface area contributed by atoms with Crippen LogP contribution in [0.1, 0.15) is 13.8 Å². The first-order valence-corrected chi connectivity index (χ1v) is 3.42. The maximum absolute atomic E-state index is 3.35. The number of hydrogen-bond donors (Lipinski definition) is 0. The smallest absolute Gasteiger partial charge is 0.0306 e. The average Bonchev–Trinajstić information content (AvgIpc) is 1.66. The Morgan fingerprint density at radius 1 is 1.62 bits per heavy atom. The van der Waals surface area contributed by atoms with E-state index in [4.69, 9.17) is 0 Å². The van der Waals surface area contributed by atoms with E-state index < -0.39 is 0 Å². The summed E-state index contributed by atoms with van der Waals surface area (Å²) in [5.74, 6) is 5.58. The Hall–Kier alpha value is -0.220. The van der Waals surface area contributed by atoms with Gasteiger partial charge < -0.3 is 0 Å². The van der Waals surface area contributed by atoms with Crippen molar-refractivity contribution < 1.29 is 0 Å². The lowest BCUT2D eigenvalue weighted by Crippen LogP contribution is -1.77. The molecule has 1 unspecified atom stereocenters. The number of hydrogen-bond acceptors (Lipinski definition) is 0. The van der Waals surface area contributed by atoms with Gasteiger partial charge in [0, 0.05) is 4.83 Å². The third-order valence-corrected chi connectivity index (χ3v) is 0.894. The molecule has 8 heavy (non-hydrogen) atoms. The summed E-state index contributed by atoms with van der Waals surface area (Å²) in [6.07, 6.45) is 3.84. The SMILES string of the molecule is CC#CC=CC(C)Br. The molecule has 1 atom stereocenters. The highest BCUT2D eigenvalue weighted by Crippen LogP contribution is 1.96. The van der Waals surface area contributed by atoms with Crippen LogP contribution in [-0.2, 0) is 0 Å². The van der Waals surface area contributed by atoms with Crippen LogP contribution >= 0.6 is 15.9 Å². The van der Waals surface area contributed by atoms with Gasteiger partial charge in [0.25, 0.3) is 0 Å². The predicted octanol–water partition coefficient (Wildman–Crippen LogP) is 2.35. The van der Waals surface area contributed by atoms with Crippen LogP contribution < -0.4 is 0 Å². The zero-order valence-corrected chi connectivity index (χ0v) is 6.70. The monoisotopic (exact) mass is 172 g/mol. The van der Waals surface area contributed by atoms with Crippen molar-refractivity contribution in [1.29, 1.82) is 0 Å². The third-order valence-electron chi connectivity index (χ3n) is 0.589. The van der Waals surface area contributed by atoms with E-state index in [1.165, 1.54) is 0 Å². The summed E-state index contributed by atoms with van der Waals surface area (Å²) >= 11 is 3.35. The fourth-order valence-electron chi connectivity index (χ4n) is 0.264. The standard InChI is InChI=1S/C7H9Br/c1-3-4-5-6-7(2)8/h5-7H,1-2H3. The van der Waals surface area contributed by atoms with Crippen molar-refractivity contribution in [1.82, 2.24) is 0 Å². The van der Waals surface area contributed by atoms with E-state index in [0.29, 0.717) is 4.83 Å². The van der Waals surface area contributed by atoms with E-state index in [0.717, 1.165) is 0 Å². The molecule has 0 heterocycles. The van der Waals surface area contributed by atoms with Gasteiger partial charge in [-0.1, -0.05) is 27.9 Å². The fraction of sp³-hybridized carbons (Fsp3) is 0.429. The quantitative estimate of drug-likeness (QED) is 0.421. The van der Waals surface area contributed by atoms with Crippen LogP contribution in [0.25, 0.3) is 0 Å². The van der Waals surface area contributed by atoms with E-state index in [9.17, 15) is 0 Å². The topological polar surface area (TPSA) is 0 Å². The molecule has 0 radical (unpaired) electrons. The second kappa shape index (κ2) is 4.93. The van der Waals surface area contributed by atoms with Crippen molar-refractivity contribution in [3.8, 4) is 11.8 Å². The zero-order valence-electron chi connectivity index (χ0n) is 5.11. The van der Waals surface area contributed by atoms with Gasteiger partial charge in [0.05, 0.1) is 0 Å². The van der Waals surface area contributed by atoms with E-state index in [-0.39, 0.29) is 0 Å². The molecular formula is C7H9Br. The Bertz CT molecular complexity index is 123. The van der Waals surface area contributed by atoms with Gasteiger partial charge in [-0.3, -0.25) is 0 Å². The molecule has 0 saturated carbocycles. The summed E-state index contributed by atoms with van der Waals surface area (Å²) in [5.41, 5.74) is 0. The first kappa shape index (κ1) is 7.78. The van der Waals surface area contributed by atoms with Crippen LogP contribution in [0, 0.1) is 11.8 Å². The van der Waals surface area contributed by atoms with E-state index in [2.05, 4.69) is 27.8 Å². The van der Waals surface area contributed by atoms with Crippen LogP contribution in [0.3, 0.4) is 0 Å². The molecule has 0 aromatic rings. The van der Waals surface area contributed by atoms with Crippen LogP contribution in [0.4, 0.5) is 0 Å². The van der Waals surface area contributed by atoms with E-state index >= 15 is 0 Å². The summed E-state index contributed by atoms with van der Waals surface area (Å²) in [7, 11) is 0. The molecule has 0 aromatic carbocycles. The molecular weight excluding hydrogens is 164 g/mol. The molecule has 0 amide bonds. The molecule has 0 aliphatic carbocycles. The zero-order chi connectivity index (χ0) is 6.41. The Morgan fingerprint density at radius 3 is 2.62 bits per heavy atom. The molecule has 0 fully saturated rings.